The molecule has 0 fully saturated rings. The van der Waals surface area contributed by atoms with Gasteiger partial charge < -0.3 is 2.85 Å². The van der Waals surface area contributed by atoms with Gasteiger partial charge in [-0.15, -0.1) is 0 Å². The van der Waals surface area contributed by atoms with Crippen LogP contribution in [0.4, 0.5) is 0 Å². The van der Waals surface area contributed by atoms with Gasteiger partial charge in [0, 0.05) is 99.7 Å². The molecule has 0 saturated heterocycles. The summed E-state index contributed by atoms with van der Waals surface area (Å²) < 4.78 is 0. The average Bonchev–Trinajstić information content (AvgIpc) is 0. The molecule has 0 heterocycles. The van der Waals surface area contributed by atoms with Gasteiger partial charge in [0.25, 0.3) is 0 Å². The molecule has 0 aromatic heterocycles. The molecule has 0 atom stereocenters. The van der Waals surface area contributed by atoms with Crippen LogP contribution in [0.2, 0.25) is 0 Å². The van der Waals surface area contributed by atoms with Crippen molar-refractivity contribution in [2.24, 2.45) is 0 Å². The largest absolute Gasteiger partial charge is 2.00 e. The van der Waals surface area contributed by atoms with E-state index in [1.807, 2.05) is 0 Å². The summed E-state index contributed by atoms with van der Waals surface area (Å²) in [4.78, 5) is 0. The average molecular weight is 438 g/mol. The molecule has 0 nitrogen and oxygen atoms in total. The Balaban J connectivity index is 0. The zero-order chi connectivity index (χ0) is 0. The van der Waals surface area contributed by atoms with Crippen LogP contribution in [-0.2, 0) is 17.1 Å². The Morgan fingerprint density at radius 3 is 1.25 bits per heavy atom. The first-order chi connectivity index (χ1) is 0. The molecule has 0 aliphatic heterocycles. The Morgan fingerprint density at radius 1 is 1.25 bits per heavy atom. The van der Waals surface area contributed by atoms with E-state index >= 15 is 0 Å². The fourth-order valence-corrected chi connectivity index (χ4v) is 0. The van der Waals surface area contributed by atoms with Gasteiger partial charge in [0.1, 0.15) is 0 Å². The second-order valence-corrected chi connectivity index (χ2v) is 0. The first kappa shape index (κ1) is 23.3. The molecule has 1 radical (unpaired) electrons. The SMILES string of the molecule is [Ce].[Cu].[H-].[H-].[Nd].[Sr+2]. The Kier molecular flexibility index (Phi) is 91.2. The smallest absolute Gasteiger partial charge is 1.00 e. The fourth-order valence-electron chi connectivity index (χ4n) is 0. The summed E-state index contributed by atoms with van der Waals surface area (Å²) in [6, 6.07) is 0. The van der Waals surface area contributed by atoms with Crippen LogP contribution in [0.1, 0.15) is 2.85 Å². The van der Waals surface area contributed by atoms with Gasteiger partial charge >= 0.3 is 45.5 Å². The molecule has 0 aliphatic carbocycles. The minimum Gasteiger partial charge on any atom is -1.00 e. The Morgan fingerprint density at radius 2 is 1.25 bits per heavy atom. The first-order valence-electron chi connectivity index (χ1n) is 0. The van der Waals surface area contributed by atoms with Gasteiger partial charge in [-0.25, -0.2) is 0 Å². The van der Waals surface area contributed by atoms with E-state index in [4.69, 9.17) is 0 Å². The number of hydrogen-bond donors (Lipinski definition) is 0. The van der Waals surface area contributed by atoms with Gasteiger partial charge in [-0.1, -0.05) is 0 Å². The molecule has 0 spiro atoms. The summed E-state index contributed by atoms with van der Waals surface area (Å²) in [5.74, 6) is 0. The first-order valence-corrected chi connectivity index (χ1v) is 0. The van der Waals surface area contributed by atoms with Crippen LogP contribution in [0.3, 0.4) is 0 Å². The zero-order valence-electron chi connectivity index (χ0n) is 4.01. The van der Waals surface area contributed by atoms with E-state index < -0.39 is 0 Å². The topological polar surface area (TPSA) is 0 Å². The van der Waals surface area contributed by atoms with Crippen LogP contribution in [0.15, 0.2) is 0 Å². The van der Waals surface area contributed by atoms with E-state index in [2.05, 4.69) is 0 Å². The Labute approximate surface area is 143 Å². The van der Waals surface area contributed by atoms with Crippen molar-refractivity contribution in [2.45, 2.75) is 0 Å². The van der Waals surface area contributed by atoms with Crippen molar-refractivity contribution in [3.8, 4) is 0 Å². The van der Waals surface area contributed by atoms with E-state index in [0.29, 0.717) is 0 Å². The van der Waals surface area contributed by atoms with Crippen molar-refractivity contribution in [1.82, 2.24) is 0 Å². The third kappa shape index (κ3) is 9.87. The maximum atomic E-state index is 0. The molecule has 23 valence electrons. The molecule has 0 aliphatic rings. The van der Waals surface area contributed by atoms with Gasteiger partial charge in [-0.2, -0.15) is 0 Å². The molecule has 0 rings (SSSR count). The summed E-state index contributed by atoms with van der Waals surface area (Å²) in [5, 5.41) is 0. The van der Waals surface area contributed by atoms with Gasteiger partial charge in [0.2, 0.25) is 0 Å². The van der Waals surface area contributed by atoms with Crippen molar-refractivity contribution in [1.29, 1.82) is 0 Å². The summed E-state index contributed by atoms with van der Waals surface area (Å²) >= 11 is 0. The standard InChI is InChI=1S/Ce.Cu.Nd.Sr.2H/q;;;+2;2*-1. The maximum absolute atomic E-state index is 0. The molecular weight excluding hydrogens is 436 g/mol. The third-order valence-corrected chi connectivity index (χ3v) is 0. The van der Waals surface area contributed by atoms with Crippen LogP contribution in [0.25, 0.3) is 0 Å². The van der Waals surface area contributed by atoms with E-state index in [1.165, 1.54) is 0 Å². The molecule has 4 heavy (non-hydrogen) atoms. The molecule has 4 heteroatoms. The second kappa shape index (κ2) is 15.6. The second-order valence-electron chi connectivity index (χ2n) is 0. The van der Waals surface area contributed by atoms with Crippen molar-refractivity contribution < 1.29 is 103 Å². The molecule has 0 aromatic rings. The molecule has 0 amide bonds. The van der Waals surface area contributed by atoms with Crippen molar-refractivity contribution in [3.63, 3.8) is 0 Å². The fraction of sp³-hybridized carbons (Fsp3) is 0. The van der Waals surface area contributed by atoms with Gasteiger partial charge in [0.15, 0.2) is 0 Å². The Bertz CT molecular complexity index is 13.5. The zero-order valence-corrected chi connectivity index (χ0v) is 12.8. The van der Waals surface area contributed by atoms with E-state index in [1.54, 1.807) is 0 Å². The summed E-state index contributed by atoms with van der Waals surface area (Å²) in [5.41, 5.74) is 0. The third-order valence-electron chi connectivity index (χ3n) is 0. The minimum absolute atomic E-state index is 0. The van der Waals surface area contributed by atoms with Crippen LogP contribution in [0.5, 0.6) is 0 Å². The summed E-state index contributed by atoms with van der Waals surface area (Å²) in [6.07, 6.45) is 0. The number of hydrogen-bond acceptors (Lipinski definition) is 0. The maximum Gasteiger partial charge on any atom is 2.00 e. The van der Waals surface area contributed by atoms with Gasteiger partial charge in [-0.05, 0) is 0 Å². The Hall–Kier alpha value is 4.73. The molecule has 0 bridgehead atoms. The molecule has 0 unspecified atom stereocenters. The van der Waals surface area contributed by atoms with Gasteiger partial charge in [0.05, 0.1) is 0 Å². The predicted molar refractivity (Wildman–Crippen MR) is 7.98 cm³/mol. The summed E-state index contributed by atoms with van der Waals surface area (Å²) in [6.45, 7) is 0. The van der Waals surface area contributed by atoms with Crippen molar-refractivity contribution >= 4 is 45.5 Å². The minimum atomic E-state index is 0. The molecule has 0 saturated carbocycles. The van der Waals surface area contributed by atoms with E-state index in [0.717, 1.165) is 0 Å². The van der Waals surface area contributed by atoms with Crippen molar-refractivity contribution in [3.05, 3.63) is 0 Å². The predicted octanol–water partition coefficient (Wildman–Crippen LogP) is -0.158. The molecular formula is H2CeCuNdSr. The normalized spacial score (nSPS) is 0. The van der Waals surface area contributed by atoms with Gasteiger partial charge in [-0.3, -0.25) is 0 Å². The molecule has 0 N–H and O–H groups in total. The van der Waals surface area contributed by atoms with Crippen molar-refractivity contribution in [2.75, 3.05) is 0 Å². The van der Waals surface area contributed by atoms with Crippen LogP contribution in [-0.4, -0.2) is 45.5 Å². The van der Waals surface area contributed by atoms with E-state index in [-0.39, 0.29) is 148 Å². The summed E-state index contributed by atoms with van der Waals surface area (Å²) in [7, 11) is 0. The van der Waals surface area contributed by atoms with Crippen LogP contribution >= 0.6 is 0 Å². The molecule has 0 aromatic carbocycles. The van der Waals surface area contributed by atoms with E-state index in [9.17, 15) is 0 Å². The monoisotopic (exact) mass is 435 g/mol. The number of rotatable bonds is 0. The quantitative estimate of drug-likeness (QED) is 0.462. The van der Waals surface area contributed by atoms with Crippen LogP contribution < -0.4 is 0 Å². The van der Waals surface area contributed by atoms with Crippen LogP contribution in [0, 0.1) is 82.6 Å².